The molecular formula is C27H25F3N2O4. The largest absolute Gasteiger partial charge is 0.440 e. The van der Waals surface area contributed by atoms with Crippen molar-refractivity contribution in [2.24, 2.45) is 0 Å². The summed E-state index contributed by atoms with van der Waals surface area (Å²) in [5.74, 6) is -0.509. The number of alkyl halides is 3. The van der Waals surface area contributed by atoms with Crippen LogP contribution in [0.5, 0.6) is 0 Å². The Morgan fingerprint density at radius 1 is 1.08 bits per heavy atom. The molecule has 1 aromatic heterocycles. The fourth-order valence-corrected chi connectivity index (χ4v) is 4.14. The van der Waals surface area contributed by atoms with Crippen molar-refractivity contribution in [3.05, 3.63) is 89.6 Å². The van der Waals surface area contributed by atoms with Gasteiger partial charge in [0.2, 0.25) is 0 Å². The van der Waals surface area contributed by atoms with E-state index in [1.54, 1.807) is 45.0 Å². The molecule has 2 heterocycles. The summed E-state index contributed by atoms with van der Waals surface area (Å²) in [6.45, 7) is 5.18. The van der Waals surface area contributed by atoms with Crippen LogP contribution < -0.4 is 0 Å². The molecule has 0 bridgehead atoms. The first-order valence-electron chi connectivity index (χ1n) is 11.3. The molecule has 4 rings (SSSR count). The topological polar surface area (TPSA) is 68.7 Å². The van der Waals surface area contributed by atoms with Gasteiger partial charge in [0.05, 0.1) is 17.9 Å². The number of benzene rings is 2. The van der Waals surface area contributed by atoms with Gasteiger partial charge in [0.1, 0.15) is 17.7 Å². The van der Waals surface area contributed by atoms with E-state index in [9.17, 15) is 22.8 Å². The number of cyclic esters (lactones) is 1. The highest BCUT2D eigenvalue weighted by Gasteiger charge is 2.52. The van der Waals surface area contributed by atoms with Gasteiger partial charge in [-0.2, -0.15) is 13.2 Å². The number of amides is 2. The molecule has 2 amide bonds. The van der Waals surface area contributed by atoms with Crippen LogP contribution >= 0.6 is 0 Å². The molecule has 0 radical (unpaired) electrons. The number of pyridine rings is 1. The number of imide groups is 1. The van der Waals surface area contributed by atoms with Gasteiger partial charge in [0.15, 0.2) is 0 Å². The zero-order chi connectivity index (χ0) is 26.1. The molecule has 1 fully saturated rings. The number of nitrogens with zero attached hydrogens (tertiary/aromatic N) is 2. The third kappa shape index (κ3) is 5.26. The van der Waals surface area contributed by atoms with Crippen molar-refractivity contribution < 1.29 is 32.2 Å². The third-order valence-electron chi connectivity index (χ3n) is 6.00. The number of rotatable bonds is 6. The highest BCUT2D eigenvalue weighted by molar-refractivity contribution is 5.96. The SMILES string of the molecule is CC(OCc1ccc(-c2ccc(C(F)(F)F)cn2)cc1)C(=O)N1C(=O)OC(C)(C)[C@@H]1c1ccccc1. The Bertz CT molecular complexity index is 1230. The van der Waals surface area contributed by atoms with Gasteiger partial charge in [-0.1, -0.05) is 54.6 Å². The molecule has 3 aromatic rings. The van der Waals surface area contributed by atoms with Crippen LogP contribution in [0.1, 0.15) is 43.5 Å². The molecule has 9 heteroatoms. The average Bonchev–Trinajstić information content (AvgIpc) is 3.10. The van der Waals surface area contributed by atoms with Crippen molar-refractivity contribution in [1.29, 1.82) is 0 Å². The predicted octanol–water partition coefficient (Wildman–Crippen LogP) is 6.17. The Kier molecular flexibility index (Phi) is 6.86. The van der Waals surface area contributed by atoms with Crippen molar-refractivity contribution >= 4 is 12.0 Å². The third-order valence-corrected chi connectivity index (χ3v) is 6.00. The van der Waals surface area contributed by atoms with Crippen molar-refractivity contribution in [2.75, 3.05) is 0 Å². The number of hydrogen-bond donors (Lipinski definition) is 0. The number of ether oxygens (including phenoxy) is 2. The van der Waals surface area contributed by atoms with Crippen molar-refractivity contribution in [1.82, 2.24) is 9.88 Å². The molecule has 2 aromatic carbocycles. The molecule has 1 aliphatic heterocycles. The zero-order valence-corrected chi connectivity index (χ0v) is 20.0. The summed E-state index contributed by atoms with van der Waals surface area (Å²) in [5, 5.41) is 0. The molecule has 0 N–H and O–H groups in total. The number of carbonyl (C=O) groups excluding carboxylic acids is 2. The van der Waals surface area contributed by atoms with Crippen LogP contribution in [0.2, 0.25) is 0 Å². The zero-order valence-electron chi connectivity index (χ0n) is 20.0. The minimum absolute atomic E-state index is 0.0932. The minimum atomic E-state index is -4.44. The van der Waals surface area contributed by atoms with Gasteiger partial charge in [-0.05, 0) is 44.0 Å². The molecule has 36 heavy (non-hydrogen) atoms. The van der Waals surface area contributed by atoms with Crippen molar-refractivity contribution in [3.63, 3.8) is 0 Å². The van der Waals surface area contributed by atoms with Crippen LogP contribution in [0.25, 0.3) is 11.3 Å². The first kappa shape index (κ1) is 25.4. The summed E-state index contributed by atoms with van der Waals surface area (Å²) in [5.41, 5.74) is 0.853. The quantitative estimate of drug-likeness (QED) is 0.407. The summed E-state index contributed by atoms with van der Waals surface area (Å²) in [7, 11) is 0. The Hall–Kier alpha value is -3.72. The van der Waals surface area contributed by atoms with Crippen LogP contribution in [-0.4, -0.2) is 33.6 Å². The molecule has 2 atom stereocenters. The van der Waals surface area contributed by atoms with Crippen LogP contribution in [0.4, 0.5) is 18.0 Å². The smallest absolute Gasteiger partial charge is 0.417 e. The van der Waals surface area contributed by atoms with Gasteiger partial charge in [0, 0.05) is 11.8 Å². The van der Waals surface area contributed by atoms with Gasteiger partial charge in [-0.25, -0.2) is 9.69 Å². The Morgan fingerprint density at radius 3 is 2.33 bits per heavy atom. The van der Waals surface area contributed by atoms with Crippen LogP contribution in [-0.2, 0) is 27.1 Å². The lowest BCUT2D eigenvalue weighted by Crippen LogP contribution is -2.43. The molecule has 0 saturated carbocycles. The highest BCUT2D eigenvalue weighted by Crippen LogP contribution is 2.41. The van der Waals surface area contributed by atoms with E-state index in [-0.39, 0.29) is 6.61 Å². The number of aromatic nitrogens is 1. The van der Waals surface area contributed by atoms with E-state index in [4.69, 9.17) is 9.47 Å². The number of hydrogen-bond acceptors (Lipinski definition) is 5. The van der Waals surface area contributed by atoms with E-state index in [0.29, 0.717) is 11.3 Å². The van der Waals surface area contributed by atoms with Crippen LogP contribution in [0, 0.1) is 0 Å². The molecule has 6 nitrogen and oxygen atoms in total. The van der Waals surface area contributed by atoms with E-state index < -0.39 is 41.5 Å². The molecule has 1 saturated heterocycles. The van der Waals surface area contributed by atoms with Gasteiger partial charge >= 0.3 is 12.3 Å². The second-order valence-electron chi connectivity index (χ2n) is 9.07. The summed E-state index contributed by atoms with van der Waals surface area (Å²) in [6.07, 6.45) is -5.28. The Morgan fingerprint density at radius 2 is 1.75 bits per heavy atom. The average molecular weight is 499 g/mol. The lowest BCUT2D eigenvalue weighted by Gasteiger charge is -2.29. The molecule has 1 aliphatic rings. The number of carbonyl (C=O) groups is 2. The lowest BCUT2D eigenvalue weighted by atomic mass is 9.91. The van der Waals surface area contributed by atoms with E-state index in [1.807, 2.05) is 30.3 Å². The van der Waals surface area contributed by atoms with Crippen molar-refractivity contribution in [3.8, 4) is 11.3 Å². The monoisotopic (exact) mass is 498 g/mol. The van der Waals surface area contributed by atoms with Gasteiger partial charge in [-0.15, -0.1) is 0 Å². The maximum Gasteiger partial charge on any atom is 0.417 e. The van der Waals surface area contributed by atoms with E-state index in [1.165, 1.54) is 6.07 Å². The van der Waals surface area contributed by atoms with Crippen LogP contribution in [0.15, 0.2) is 72.9 Å². The molecular weight excluding hydrogens is 473 g/mol. The van der Waals surface area contributed by atoms with Crippen LogP contribution in [0.3, 0.4) is 0 Å². The maximum absolute atomic E-state index is 13.2. The summed E-state index contributed by atoms with van der Waals surface area (Å²) in [6, 6.07) is 17.8. The normalized spacial score (nSPS) is 18.1. The predicted molar refractivity (Wildman–Crippen MR) is 126 cm³/mol. The number of halogens is 3. The van der Waals surface area contributed by atoms with E-state index in [2.05, 4.69) is 4.98 Å². The molecule has 1 unspecified atom stereocenters. The maximum atomic E-state index is 13.2. The fourth-order valence-electron chi connectivity index (χ4n) is 4.14. The fraction of sp³-hybridized carbons (Fsp3) is 0.296. The summed E-state index contributed by atoms with van der Waals surface area (Å²) >= 11 is 0. The van der Waals surface area contributed by atoms with Crippen molar-refractivity contribution in [2.45, 2.75) is 51.3 Å². The first-order valence-corrected chi connectivity index (χ1v) is 11.3. The van der Waals surface area contributed by atoms with Gasteiger partial charge in [0.25, 0.3) is 5.91 Å². The minimum Gasteiger partial charge on any atom is -0.440 e. The first-order chi connectivity index (χ1) is 17.0. The lowest BCUT2D eigenvalue weighted by molar-refractivity contribution is -0.142. The van der Waals surface area contributed by atoms with Gasteiger partial charge < -0.3 is 9.47 Å². The molecule has 188 valence electrons. The second-order valence-corrected chi connectivity index (χ2v) is 9.07. The van der Waals surface area contributed by atoms with E-state index in [0.717, 1.165) is 28.3 Å². The Balaban J connectivity index is 1.42. The standard InChI is InChI=1S/C27H25F3N2O4/c1-17(24(33)32-23(20-7-5-4-6-8-20)26(2,3)36-25(32)34)35-16-18-9-11-19(12-10-18)22-14-13-21(15-31-22)27(28,29)30/h4-15,17,23H,16H2,1-3H3/t17?,23-/m0/s1. The Labute approximate surface area is 206 Å². The summed E-state index contributed by atoms with van der Waals surface area (Å²) in [4.78, 5) is 30.8. The molecule has 0 aliphatic carbocycles. The van der Waals surface area contributed by atoms with E-state index >= 15 is 0 Å². The molecule has 0 spiro atoms. The highest BCUT2D eigenvalue weighted by atomic mass is 19.4. The second kappa shape index (κ2) is 9.73. The summed E-state index contributed by atoms with van der Waals surface area (Å²) < 4.78 is 49.5. The van der Waals surface area contributed by atoms with Gasteiger partial charge in [-0.3, -0.25) is 9.78 Å².